The third-order valence-corrected chi connectivity index (χ3v) is 3.97. The number of carbonyl (C=O) groups is 1. The molecule has 0 saturated carbocycles. The first kappa shape index (κ1) is 14.7. The van der Waals surface area contributed by atoms with Crippen LogP contribution in [0.4, 0.5) is 0 Å². The Kier molecular flexibility index (Phi) is 4.19. The number of carbonyl (C=O) groups excluding carboxylic acids is 1. The van der Waals surface area contributed by atoms with Crippen LogP contribution >= 0.6 is 0 Å². The minimum absolute atomic E-state index is 0.289. The number of aromatic amines is 1. The van der Waals surface area contributed by atoms with Crippen molar-refractivity contribution in [3.8, 4) is 0 Å². The molecule has 8 nitrogen and oxygen atoms in total. The van der Waals surface area contributed by atoms with E-state index in [2.05, 4.69) is 25.3 Å². The number of H-pyrrole nitrogens is 1. The first-order chi connectivity index (χ1) is 10.7. The Balaban J connectivity index is 1.64. The van der Waals surface area contributed by atoms with Crippen molar-refractivity contribution in [1.82, 2.24) is 25.3 Å². The van der Waals surface area contributed by atoms with E-state index in [1.807, 2.05) is 6.92 Å². The summed E-state index contributed by atoms with van der Waals surface area (Å²) in [5, 5.41) is 14.9. The van der Waals surface area contributed by atoms with Gasteiger partial charge in [0.2, 0.25) is 11.8 Å². The van der Waals surface area contributed by atoms with Crippen molar-refractivity contribution < 1.29 is 9.21 Å². The molecule has 1 saturated heterocycles. The molecule has 118 valence electrons. The molecule has 1 atom stereocenters. The fraction of sp³-hybridized carbons (Fsp3) is 0.571. The van der Waals surface area contributed by atoms with Gasteiger partial charge in [-0.1, -0.05) is 6.92 Å². The highest BCUT2D eigenvalue weighted by molar-refractivity contribution is 5.90. The summed E-state index contributed by atoms with van der Waals surface area (Å²) < 4.78 is 5.57. The second kappa shape index (κ2) is 6.27. The van der Waals surface area contributed by atoms with Crippen LogP contribution in [-0.2, 0) is 13.0 Å². The third-order valence-electron chi connectivity index (χ3n) is 3.97. The quantitative estimate of drug-likeness (QED) is 0.845. The van der Waals surface area contributed by atoms with Gasteiger partial charge in [0.15, 0.2) is 0 Å². The van der Waals surface area contributed by atoms with E-state index in [1.165, 1.54) is 0 Å². The van der Waals surface area contributed by atoms with Gasteiger partial charge in [-0.15, -0.1) is 10.2 Å². The average molecular weight is 304 g/mol. The zero-order valence-corrected chi connectivity index (χ0v) is 12.6. The molecule has 0 aliphatic carbocycles. The molecule has 0 unspecified atom stereocenters. The number of nitrogens with one attached hydrogen (secondary N) is 1. The summed E-state index contributed by atoms with van der Waals surface area (Å²) >= 11 is 0. The monoisotopic (exact) mass is 304 g/mol. The highest BCUT2D eigenvalue weighted by Gasteiger charge is 2.24. The van der Waals surface area contributed by atoms with Crippen molar-refractivity contribution in [1.29, 1.82) is 0 Å². The van der Waals surface area contributed by atoms with Crippen molar-refractivity contribution in [2.45, 2.75) is 38.6 Å². The van der Waals surface area contributed by atoms with Crippen LogP contribution in [0.25, 0.3) is 0 Å². The molecule has 1 aliphatic rings. The van der Waals surface area contributed by atoms with E-state index in [4.69, 9.17) is 10.2 Å². The molecular weight excluding hydrogens is 284 g/mol. The molecule has 8 heteroatoms. The first-order valence-electron chi connectivity index (χ1n) is 7.54. The predicted molar refractivity (Wildman–Crippen MR) is 78.0 cm³/mol. The second-order valence-corrected chi connectivity index (χ2v) is 5.59. The van der Waals surface area contributed by atoms with Gasteiger partial charge in [-0.05, 0) is 25.5 Å². The normalized spacial score (nSPS) is 19.4. The maximum Gasteiger partial charge on any atom is 0.269 e. The van der Waals surface area contributed by atoms with Crippen LogP contribution in [0.1, 0.15) is 53.6 Å². The van der Waals surface area contributed by atoms with E-state index < -0.39 is 5.91 Å². The summed E-state index contributed by atoms with van der Waals surface area (Å²) in [6.45, 7) is 4.50. The minimum atomic E-state index is -0.506. The third kappa shape index (κ3) is 3.16. The number of aryl methyl sites for hydroxylation is 1. The van der Waals surface area contributed by atoms with E-state index in [0.717, 1.165) is 38.0 Å². The highest BCUT2D eigenvalue weighted by Crippen LogP contribution is 2.26. The molecule has 22 heavy (non-hydrogen) atoms. The Bertz CT molecular complexity index is 649. The first-order valence-corrected chi connectivity index (χ1v) is 7.54. The standard InChI is InChI=1S/C14H20N6O2/c1-2-12-18-19-13(22-12)8-20-5-3-4-9(7-20)10-6-11(14(15)21)17-16-10/h6,9H,2-5,7-8H2,1H3,(H2,15,21)(H,16,17)/t9-/m0/s1. The summed E-state index contributed by atoms with van der Waals surface area (Å²) in [4.78, 5) is 13.4. The summed E-state index contributed by atoms with van der Waals surface area (Å²) in [5.74, 6) is 1.12. The zero-order chi connectivity index (χ0) is 15.5. The van der Waals surface area contributed by atoms with E-state index in [9.17, 15) is 4.79 Å². The zero-order valence-electron chi connectivity index (χ0n) is 12.6. The molecular formula is C14H20N6O2. The maximum absolute atomic E-state index is 11.1. The van der Waals surface area contributed by atoms with Crippen molar-refractivity contribution in [2.24, 2.45) is 5.73 Å². The van der Waals surface area contributed by atoms with Gasteiger partial charge in [0.25, 0.3) is 5.91 Å². The molecule has 1 fully saturated rings. The van der Waals surface area contributed by atoms with Crippen molar-refractivity contribution >= 4 is 5.91 Å². The molecule has 3 heterocycles. The van der Waals surface area contributed by atoms with Crippen LogP contribution < -0.4 is 5.73 Å². The lowest BCUT2D eigenvalue weighted by atomic mass is 9.94. The number of amides is 1. The number of piperidine rings is 1. The van der Waals surface area contributed by atoms with Gasteiger partial charge in [-0.2, -0.15) is 5.10 Å². The largest absolute Gasteiger partial charge is 0.424 e. The van der Waals surface area contributed by atoms with Crippen molar-refractivity contribution in [3.63, 3.8) is 0 Å². The van der Waals surface area contributed by atoms with E-state index in [-0.39, 0.29) is 5.69 Å². The lowest BCUT2D eigenvalue weighted by molar-refractivity contribution is 0.0995. The number of aromatic nitrogens is 4. The molecule has 0 bridgehead atoms. The number of hydrogen-bond acceptors (Lipinski definition) is 6. The van der Waals surface area contributed by atoms with Crippen LogP contribution in [0, 0.1) is 0 Å². The number of nitrogens with two attached hydrogens (primary N) is 1. The second-order valence-electron chi connectivity index (χ2n) is 5.59. The lowest BCUT2D eigenvalue weighted by Crippen LogP contribution is -2.34. The summed E-state index contributed by atoms with van der Waals surface area (Å²) in [5.41, 5.74) is 6.49. The van der Waals surface area contributed by atoms with Gasteiger partial charge >= 0.3 is 0 Å². The molecule has 2 aromatic rings. The molecule has 1 amide bonds. The SMILES string of the molecule is CCc1nnc(CN2CCC[C@H](c3cc(C(N)=O)n[nH]3)C2)o1. The lowest BCUT2D eigenvalue weighted by Gasteiger charge is -2.31. The molecule has 0 aromatic carbocycles. The van der Waals surface area contributed by atoms with Gasteiger partial charge in [-0.25, -0.2) is 0 Å². The fourth-order valence-electron chi connectivity index (χ4n) is 2.81. The Hall–Kier alpha value is -2.22. The number of likely N-dealkylation sites (tertiary alicyclic amines) is 1. The Morgan fingerprint density at radius 1 is 1.50 bits per heavy atom. The van der Waals surface area contributed by atoms with Crippen molar-refractivity contribution in [2.75, 3.05) is 13.1 Å². The van der Waals surface area contributed by atoms with E-state index in [1.54, 1.807) is 6.07 Å². The van der Waals surface area contributed by atoms with Gasteiger partial charge in [0, 0.05) is 24.6 Å². The molecule has 0 radical (unpaired) electrons. The van der Waals surface area contributed by atoms with E-state index in [0.29, 0.717) is 24.2 Å². The topological polar surface area (TPSA) is 114 Å². The summed E-state index contributed by atoms with van der Waals surface area (Å²) in [6, 6.07) is 1.75. The number of nitrogens with zero attached hydrogens (tertiary/aromatic N) is 4. The van der Waals surface area contributed by atoms with Crippen LogP contribution in [0.15, 0.2) is 10.5 Å². The van der Waals surface area contributed by atoms with Crippen LogP contribution in [0.2, 0.25) is 0 Å². The molecule has 3 N–H and O–H groups in total. The van der Waals surface area contributed by atoms with E-state index >= 15 is 0 Å². The molecule has 1 aliphatic heterocycles. The number of rotatable bonds is 5. The minimum Gasteiger partial charge on any atom is -0.424 e. The van der Waals surface area contributed by atoms with Crippen LogP contribution in [0.3, 0.4) is 0 Å². The van der Waals surface area contributed by atoms with Crippen LogP contribution in [0.5, 0.6) is 0 Å². The maximum atomic E-state index is 11.1. The smallest absolute Gasteiger partial charge is 0.269 e. The van der Waals surface area contributed by atoms with Crippen molar-refractivity contribution in [3.05, 3.63) is 29.2 Å². The predicted octanol–water partition coefficient (Wildman–Crippen LogP) is 0.834. The van der Waals surface area contributed by atoms with Gasteiger partial charge in [-0.3, -0.25) is 14.8 Å². The number of hydrogen-bond donors (Lipinski definition) is 2. The van der Waals surface area contributed by atoms with Crippen LogP contribution in [-0.4, -0.2) is 44.3 Å². The Morgan fingerprint density at radius 3 is 3.00 bits per heavy atom. The molecule has 2 aromatic heterocycles. The molecule has 3 rings (SSSR count). The van der Waals surface area contributed by atoms with Gasteiger partial charge in [0.05, 0.1) is 6.54 Å². The Labute approximate surface area is 128 Å². The summed E-state index contributed by atoms with van der Waals surface area (Å²) in [7, 11) is 0. The fourth-order valence-corrected chi connectivity index (χ4v) is 2.81. The van der Waals surface area contributed by atoms with Gasteiger partial charge < -0.3 is 10.2 Å². The number of primary amides is 1. The highest BCUT2D eigenvalue weighted by atomic mass is 16.4. The Morgan fingerprint density at radius 2 is 2.32 bits per heavy atom. The molecule has 0 spiro atoms. The summed E-state index contributed by atoms with van der Waals surface area (Å²) in [6.07, 6.45) is 2.88. The van der Waals surface area contributed by atoms with Gasteiger partial charge in [0.1, 0.15) is 5.69 Å². The average Bonchev–Trinajstić information content (AvgIpc) is 3.16.